The standard InChI is InChI=1S/C22H24N4O5/c1-12-7-13(5-6-14(12)17(27)9-22(2,3)4)10-23-19(29)15-8-16(20(30)31)26-11-18(28)25-21(26)24-15/h5-8,11,28H,9-10H2,1-4H3,(H,23,29)(H,30,31). The minimum atomic E-state index is -1.29. The number of ketones is 1. The Hall–Kier alpha value is -3.75. The maximum atomic E-state index is 12.5. The Morgan fingerprint density at radius 3 is 2.45 bits per heavy atom. The summed E-state index contributed by atoms with van der Waals surface area (Å²) in [4.78, 5) is 44.2. The van der Waals surface area contributed by atoms with Crippen molar-refractivity contribution in [2.24, 2.45) is 5.41 Å². The van der Waals surface area contributed by atoms with Gasteiger partial charge in [-0.05, 0) is 23.5 Å². The van der Waals surface area contributed by atoms with Gasteiger partial charge >= 0.3 is 5.97 Å². The van der Waals surface area contributed by atoms with Gasteiger partial charge in [-0.2, -0.15) is 4.98 Å². The fourth-order valence-corrected chi connectivity index (χ4v) is 3.23. The number of carboxylic acid groups (broad SMARTS) is 1. The van der Waals surface area contributed by atoms with Gasteiger partial charge in [-0.1, -0.05) is 39.0 Å². The van der Waals surface area contributed by atoms with E-state index in [0.29, 0.717) is 12.0 Å². The van der Waals surface area contributed by atoms with Crippen LogP contribution >= 0.6 is 0 Å². The molecule has 31 heavy (non-hydrogen) atoms. The first-order chi connectivity index (χ1) is 14.4. The molecule has 9 heteroatoms. The monoisotopic (exact) mass is 424 g/mol. The van der Waals surface area contributed by atoms with Crippen LogP contribution in [0.5, 0.6) is 5.88 Å². The minimum absolute atomic E-state index is 0.0715. The van der Waals surface area contributed by atoms with E-state index < -0.39 is 17.8 Å². The summed E-state index contributed by atoms with van der Waals surface area (Å²) in [6.07, 6.45) is 1.55. The van der Waals surface area contributed by atoms with Crippen LogP contribution < -0.4 is 5.32 Å². The molecule has 2 heterocycles. The predicted molar refractivity (Wildman–Crippen MR) is 112 cm³/mol. The van der Waals surface area contributed by atoms with Crippen molar-refractivity contribution in [2.45, 2.75) is 40.7 Å². The van der Waals surface area contributed by atoms with Crippen molar-refractivity contribution in [3.63, 3.8) is 0 Å². The number of carbonyl (C=O) groups is 3. The molecule has 0 unspecified atom stereocenters. The van der Waals surface area contributed by atoms with E-state index >= 15 is 0 Å². The maximum absolute atomic E-state index is 12.5. The number of fused-ring (bicyclic) bond motifs is 1. The number of aromatic carboxylic acids is 1. The SMILES string of the molecule is Cc1cc(CNC(=O)c2cc(C(=O)O)n3cc(O)nc3n2)ccc1C(=O)CC(C)(C)C. The minimum Gasteiger partial charge on any atom is -0.492 e. The van der Waals surface area contributed by atoms with Gasteiger partial charge in [-0.3, -0.25) is 14.0 Å². The first kappa shape index (κ1) is 21.9. The quantitative estimate of drug-likeness (QED) is 0.518. The average Bonchev–Trinajstić information content (AvgIpc) is 3.03. The van der Waals surface area contributed by atoms with Crippen molar-refractivity contribution in [2.75, 3.05) is 0 Å². The summed E-state index contributed by atoms with van der Waals surface area (Å²) in [6.45, 7) is 8.05. The van der Waals surface area contributed by atoms with Gasteiger partial charge in [0.1, 0.15) is 11.4 Å². The Balaban J connectivity index is 1.76. The average molecular weight is 424 g/mol. The van der Waals surface area contributed by atoms with Gasteiger partial charge in [-0.15, -0.1) is 0 Å². The van der Waals surface area contributed by atoms with Crippen LogP contribution in [0.15, 0.2) is 30.5 Å². The predicted octanol–water partition coefficient (Wildman–Crippen LogP) is 2.99. The Morgan fingerprint density at radius 2 is 1.84 bits per heavy atom. The van der Waals surface area contributed by atoms with Crippen molar-refractivity contribution < 1.29 is 24.6 Å². The van der Waals surface area contributed by atoms with Crippen LogP contribution in [0.1, 0.15) is 69.7 Å². The zero-order valence-corrected chi connectivity index (χ0v) is 17.8. The Bertz CT molecular complexity index is 1190. The Kier molecular flexibility index (Phi) is 5.79. The van der Waals surface area contributed by atoms with Crippen LogP contribution in [0.3, 0.4) is 0 Å². The van der Waals surface area contributed by atoms with Crippen molar-refractivity contribution in [1.82, 2.24) is 19.7 Å². The Labute approximate surface area is 178 Å². The van der Waals surface area contributed by atoms with Gasteiger partial charge in [0, 0.05) is 24.6 Å². The lowest BCUT2D eigenvalue weighted by molar-refractivity contribution is 0.0688. The third-order valence-electron chi connectivity index (χ3n) is 4.61. The molecule has 1 amide bonds. The Morgan fingerprint density at radius 1 is 1.13 bits per heavy atom. The van der Waals surface area contributed by atoms with Crippen LogP contribution in [-0.4, -0.2) is 42.2 Å². The highest BCUT2D eigenvalue weighted by atomic mass is 16.4. The van der Waals surface area contributed by atoms with Crippen molar-refractivity contribution in [3.8, 4) is 5.88 Å². The van der Waals surface area contributed by atoms with Gasteiger partial charge in [0.05, 0.1) is 6.20 Å². The molecule has 0 aliphatic carbocycles. The van der Waals surface area contributed by atoms with Crippen LogP contribution in [0.2, 0.25) is 0 Å². The zero-order valence-electron chi connectivity index (χ0n) is 17.8. The molecule has 3 aromatic rings. The van der Waals surface area contributed by atoms with Gasteiger partial charge in [0.25, 0.3) is 5.91 Å². The van der Waals surface area contributed by atoms with Gasteiger partial charge in [0.15, 0.2) is 5.78 Å². The fraction of sp³-hybridized carbons (Fsp3) is 0.318. The number of aromatic nitrogens is 3. The van der Waals surface area contributed by atoms with E-state index in [4.69, 9.17) is 0 Å². The van der Waals surface area contributed by atoms with E-state index in [-0.39, 0.29) is 34.9 Å². The third kappa shape index (κ3) is 5.06. The van der Waals surface area contributed by atoms with Gasteiger partial charge in [0.2, 0.25) is 11.7 Å². The second kappa shape index (κ2) is 8.17. The van der Waals surface area contributed by atoms with E-state index in [2.05, 4.69) is 15.3 Å². The number of amides is 1. The summed E-state index contributed by atoms with van der Waals surface area (Å²) in [6, 6.07) is 6.48. The number of rotatable bonds is 6. The molecule has 0 radical (unpaired) electrons. The zero-order chi connectivity index (χ0) is 22.9. The number of benzene rings is 1. The van der Waals surface area contributed by atoms with Crippen LogP contribution in [0, 0.1) is 12.3 Å². The molecule has 1 aromatic carbocycles. The highest BCUT2D eigenvalue weighted by Crippen LogP contribution is 2.23. The highest BCUT2D eigenvalue weighted by molar-refractivity contribution is 5.98. The van der Waals surface area contributed by atoms with E-state index in [1.165, 1.54) is 0 Å². The highest BCUT2D eigenvalue weighted by Gasteiger charge is 2.20. The summed E-state index contributed by atoms with van der Waals surface area (Å²) in [5.74, 6) is -2.30. The molecule has 9 nitrogen and oxygen atoms in total. The van der Waals surface area contributed by atoms with Crippen molar-refractivity contribution in [3.05, 3.63) is 58.5 Å². The van der Waals surface area contributed by atoms with E-state index in [1.807, 2.05) is 33.8 Å². The molecule has 0 fully saturated rings. The molecule has 2 aromatic heterocycles. The van der Waals surface area contributed by atoms with Gasteiger partial charge in [-0.25, -0.2) is 9.78 Å². The molecule has 0 saturated carbocycles. The summed E-state index contributed by atoms with van der Waals surface area (Å²) in [5.41, 5.74) is 1.77. The van der Waals surface area contributed by atoms with E-state index in [0.717, 1.165) is 27.8 Å². The molecular weight excluding hydrogens is 400 g/mol. The van der Waals surface area contributed by atoms with Gasteiger partial charge < -0.3 is 15.5 Å². The molecule has 0 aliphatic rings. The number of Topliss-reactive ketones (excluding diaryl/α,β-unsaturated/α-hetero) is 1. The van der Waals surface area contributed by atoms with Crippen LogP contribution in [0.4, 0.5) is 0 Å². The largest absolute Gasteiger partial charge is 0.492 e. The molecule has 0 aliphatic heterocycles. The van der Waals surface area contributed by atoms with E-state index in [9.17, 15) is 24.6 Å². The lowest BCUT2D eigenvalue weighted by Crippen LogP contribution is -2.25. The first-order valence-corrected chi connectivity index (χ1v) is 9.68. The van der Waals surface area contributed by atoms with Crippen molar-refractivity contribution in [1.29, 1.82) is 0 Å². The topological polar surface area (TPSA) is 134 Å². The number of hydrogen-bond donors (Lipinski definition) is 3. The number of aryl methyl sites for hydroxylation is 1. The second-order valence-electron chi connectivity index (χ2n) is 8.59. The number of nitrogens with one attached hydrogen (secondary N) is 1. The fourth-order valence-electron chi connectivity index (χ4n) is 3.23. The third-order valence-corrected chi connectivity index (χ3v) is 4.61. The molecule has 3 N–H and O–H groups in total. The number of aromatic hydroxyl groups is 1. The van der Waals surface area contributed by atoms with Crippen LogP contribution in [-0.2, 0) is 6.54 Å². The molecule has 162 valence electrons. The molecular formula is C22H24N4O5. The number of carbonyl (C=O) groups excluding carboxylic acids is 2. The molecule has 0 bridgehead atoms. The molecule has 0 atom stereocenters. The smallest absolute Gasteiger partial charge is 0.353 e. The second-order valence-corrected chi connectivity index (χ2v) is 8.59. The first-order valence-electron chi connectivity index (χ1n) is 9.68. The number of imidazole rings is 1. The molecule has 3 rings (SSSR count). The summed E-state index contributed by atoms with van der Waals surface area (Å²) < 4.78 is 1.09. The van der Waals surface area contributed by atoms with Crippen LogP contribution in [0.25, 0.3) is 5.78 Å². The molecule has 0 saturated heterocycles. The number of carboxylic acids is 1. The van der Waals surface area contributed by atoms with Crippen molar-refractivity contribution >= 4 is 23.4 Å². The van der Waals surface area contributed by atoms with E-state index in [1.54, 1.807) is 12.1 Å². The number of nitrogens with zero attached hydrogens (tertiary/aromatic N) is 3. The normalized spacial score (nSPS) is 11.5. The molecule has 0 spiro atoms. The maximum Gasteiger partial charge on any atom is 0.353 e. The lowest BCUT2D eigenvalue weighted by Gasteiger charge is -2.18. The summed E-state index contributed by atoms with van der Waals surface area (Å²) in [5, 5.41) is 21.6. The summed E-state index contributed by atoms with van der Waals surface area (Å²) >= 11 is 0. The number of hydrogen-bond acceptors (Lipinski definition) is 6. The lowest BCUT2D eigenvalue weighted by atomic mass is 9.86. The summed E-state index contributed by atoms with van der Waals surface area (Å²) in [7, 11) is 0.